The van der Waals surface area contributed by atoms with Gasteiger partial charge in [0.05, 0.1) is 11.4 Å². The summed E-state index contributed by atoms with van der Waals surface area (Å²) in [4.78, 5) is 2.55. The molecule has 0 atom stereocenters. The van der Waals surface area contributed by atoms with Gasteiger partial charge in [0.1, 0.15) is 0 Å². The lowest BCUT2D eigenvalue weighted by atomic mass is 9.79. The Labute approximate surface area is 345 Å². The normalized spacial score (nSPS) is 13.3. The topological polar surface area (TPSA) is 3.24 Å². The highest BCUT2D eigenvalue weighted by Crippen LogP contribution is 2.54. The van der Waals surface area contributed by atoms with Crippen molar-refractivity contribution in [3.8, 4) is 44.5 Å². The van der Waals surface area contributed by atoms with Crippen molar-refractivity contribution >= 4 is 27.8 Å². The second-order valence-electron chi connectivity index (χ2n) is 18.7. The SMILES string of the molecule is CC(C)(C)c1ccc(N(c2ccc3c(c2)C(C)(C)c2cc(C(C)(C)C)ccc2-3)c2ccc3ccccc3c2-c2cccc(-c3ccccc3)c2)c(-c2ccccc2)c1. The molecule has 0 N–H and O–H groups in total. The Morgan fingerprint density at radius 3 is 1.66 bits per heavy atom. The van der Waals surface area contributed by atoms with Crippen LogP contribution in [-0.4, -0.2) is 0 Å². The molecule has 0 fully saturated rings. The van der Waals surface area contributed by atoms with Gasteiger partial charge in [-0.25, -0.2) is 0 Å². The lowest BCUT2D eigenvalue weighted by molar-refractivity contribution is 0.584. The molecule has 58 heavy (non-hydrogen) atoms. The largest absolute Gasteiger partial charge is 0.309 e. The van der Waals surface area contributed by atoms with Crippen molar-refractivity contribution in [2.45, 2.75) is 71.6 Å². The van der Waals surface area contributed by atoms with Crippen molar-refractivity contribution < 1.29 is 0 Å². The quantitative estimate of drug-likeness (QED) is 0.164. The molecule has 1 nitrogen and oxygen atoms in total. The van der Waals surface area contributed by atoms with Crippen LogP contribution in [0.15, 0.2) is 176 Å². The Morgan fingerprint density at radius 2 is 0.948 bits per heavy atom. The first kappa shape index (κ1) is 37.4. The molecule has 1 heteroatoms. The molecule has 0 heterocycles. The molecule has 286 valence electrons. The Balaban J connectivity index is 1.34. The monoisotopic (exact) mass is 751 g/mol. The van der Waals surface area contributed by atoms with Crippen LogP contribution < -0.4 is 4.90 Å². The Kier molecular flexibility index (Phi) is 9.05. The van der Waals surface area contributed by atoms with Gasteiger partial charge in [0, 0.05) is 22.2 Å². The van der Waals surface area contributed by atoms with Gasteiger partial charge in [-0.2, -0.15) is 0 Å². The first-order valence-electron chi connectivity index (χ1n) is 20.8. The second kappa shape index (κ2) is 14.0. The van der Waals surface area contributed by atoms with E-state index in [1.165, 1.54) is 77.5 Å². The van der Waals surface area contributed by atoms with Crippen molar-refractivity contribution in [2.24, 2.45) is 0 Å². The molecule has 8 aromatic carbocycles. The Hall–Kier alpha value is -6.18. The number of hydrogen-bond acceptors (Lipinski definition) is 1. The standard InChI is InChI=1S/C57H53N/c1-55(2,3)43-28-33-52(49(35-43)39-20-13-10-14-21-39)58(45-29-31-48-47-30-27-44(56(4,5)6)36-50(47)57(7,8)51(48)37-45)53-32-26-40-22-15-16-25-46(40)54(53)42-24-17-23-41(34-42)38-18-11-9-12-19-38/h9-37H,1-8H3. The van der Waals surface area contributed by atoms with Gasteiger partial charge in [-0.15, -0.1) is 0 Å². The number of rotatable bonds is 6. The number of anilines is 3. The van der Waals surface area contributed by atoms with Crippen molar-refractivity contribution in [3.63, 3.8) is 0 Å². The van der Waals surface area contributed by atoms with Gasteiger partial charge in [-0.1, -0.05) is 195 Å². The van der Waals surface area contributed by atoms with Gasteiger partial charge in [0.2, 0.25) is 0 Å². The average Bonchev–Trinajstić information content (AvgIpc) is 3.45. The number of benzene rings is 8. The number of fused-ring (bicyclic) bond motifs is 4. The van der Waals surface area contributed by atoms with E-state index in [4.69, 9.17) is 0 Å². The molecular formula is C57H53N. The predicted molar refractivity (Wildman–Crippen MR) is 250 cm³/mol. The highest BCUT2D eigenvalue weighted by atomic mass is 15.1. The molecule has 1 aliphatic carbocycles. The summed E-state index contributed by atoms with van der Waals surface area (Å²) in [5, 5.41) is 2.45. The molecule has 0 amide bonds. The molecule has 9 rings (SSSR count). The van der Waals surface area contributed by atoms with Crippen LogP contribution in [0.5, 0.6) is 0 Å². The third-order valence-corrected chi connectivity index (χ3v) is 12.4. The van der Waals surface area contributed by atoms with E-state index >= 15 is 0 Å². The lowest BCUT2D eigenvalue weighted by Gasteiger charge is -2.33. The maximum Gasteiger partial charge on any atom is 0.0546 e. The van der Waals surface area contributed by atoms with Crippen LogP contribution in [0.4, 0.5) is 17.1 Å². The zero-order valence-corrected chi connectivity index (χ0v) is 35.2. The summed E-state index contributed by atoms with van der Waals surface area (Å²) in [6.07, 6.45) is 0. The van der Waals surface area contributed by atoms with Crippen LogP contribution in [0.1, 0.15) is 77.6 Å². The second-order valence-corrected chi connectivity index (χ2v) is 18.7. The number of nitrogens with zero attached hydrogens (tertiary/aromatic N) is 1. The number of hydrogen-bond donors (Lipinski definition) is 0. The molecule has 0 aromatic heterocycles. The fourth-order valence-electron chi connectivity index (χ4n) is 9.02. The van der Waals surface area contributed by atoms with Crippen LogP contribution >= 0.6 is 0 Å². The average molecular weight is 752 g/mol. The predicted octanol–water partition coefficient (Wildman–Crippen LogP) is 16.2. The summed E-state index contributed by atoms with van der Waals surface area (Å²) >= 11 is 0. The van der Waals surface area contributed by atoms with E-state index in [1.807, 2.05) is 0 Å². The molecule has 8 aromatic rings. The first-order chi connectivity index (χ1) is 27.8. The summed E-state index contributed by atoms with van der Waals surface area (Å²) in [5.41, 5.74) is 18.7. The molecule has 1 aliphatic rings. The Morgan fingerprint density at radius 1 is 0.397 bits per heavy atom. The fraction of sp³-hybridized carbons (Fsp3) is 0.193. The van der Waals surface area contributed by atoms with Gasteiger partial charge >= 0.3 is 0 Å². The molecule has 0 saturated carbocycles. The highest BCUT2D eigenvalue weighted by molar-refractivity contribution is 6.07. The summed E-state index contributed by atoms with van der Waals surface area (Å²) < 4.78 is 0. The third-order valence-electron chi connectivity index (χ3n) is 12.4. The van der Waals surface area contributed by atoms with Gasteiger partial charge < -0.3 is 4.90 Å². The van der Waals surface area contributed by atoms with Crippen molar-refractivity contribution in [1.29, 1.82) is 0 Å². The van der Waals surface area contributed by atoms with Crippen LogP contribution in [0.3, 0.4) is 0 Å². The van der Waals surface area contributed by atoms with Crippen LogP contribution in [0.25, 0.3) is 55.3 Å². The zero-order valence-electron chi connectivity index (χ0n) is 35.2. The van der Waals surface area contributed by atoms with Crippen LogP contribution in [-0.2, 0) is 16.2 Å². The molecule has 0 spiro atoms. The highest BCUT2D eigenvalue weighted by Gasteiger charge is 2.37. The summed E-state index contributed by atoms with van der Waals surface area (Å²) in [6, 6.07) is 65.8. The van der Waals surface area contributed by atoms with Crippen LogP contribution in [0.2, 0.25) is 0 Å². The smallest absolute Gasteiger partial charge is 0.0546 e. The minimum atomic E-state index is -0.178. The fourth-order valence-corrected chi connectivity index (χ4v) is 9.02. The molecule has 0 radical (unpaired) electrons. The minimum Gasteiger partial charge on any atom is -0.309 e. The van der Waals surface area contributed by atoms with E-state index in [0.29, 0.717) is 0 Å². The lowest BCUT2D eigenvalue weighted by Crippen LogP contribution is -2.19. The van der Waals surface area contributed by atoms with Crippen LogP contribution in [0, 0.1) is 0 Å². The van der Waals surface area contributed by atoms with Gasteiger partial charge in [-0.05, 0) is 114 Å². The van der Waals surface area contributed by atoms with Gasteiger partial charge in [0.25, 0.3) is 0 Å². The molecule has 0 unspecified atom stereocenters. The van der Waals surface area contributed by atoms with E-state index < -0.39 is 0 Å². The van der Waals surface area contributed by atoms with E-state index in [2.05, 4.69) is 236 Å². The Bertz CT molecular complexity index is 2810. The van der Waals surface area contributed by atoms with E-state index in [-0.39, 0.29) is 16.2 Å². The maximum atomic E-state index is 2.55. The molecule has 0 bridgehead atoms. The first-order valence-corrected chi connectivity index (χ1v) is 20.8. The zero-order chi connectivity index (χ0) is 40.4. The van der Waals surface area contributed by atoms with E-state index in [1.54, 1.807) is 0 Å². The van der Waals surface area contributed by atoms with E-state index in [0.717, 1.165) is 17.1 Å². The molecular weight excluding hydrogens is 699 g/mol. The summed E-state index contributed by atoms with van der Waals surface area (Å²) in [7, 11) is 0. The summed E-state index contributed by atoms with van der Waals surface area (Å²) in [5.74, 6) is 0. The molecule has 0 saturated heterocycles. The van der Waals surface area contributed by atoms with E-state index in [9.17, 15) is 0 Å². The molecule has 0 aliphatic heterocycles. The minimum absolute atomic E-state index is 0.0197. The maximum absolute atomic E-state index is 2.55. The van der Waals surface area contributed by atoms with Crippen molar-refractivity contribution in [2.75, 3.05) is 4.90 Å². The summed E-state index contributed by atoms with van der Waals surface area (Å²) in [6.45, 7) is 18.7. The van der Waals surface area contributed by atoms with Crippen molar-refractivity contribution in [3.05, 3.63) is 198 Å². The van der Waals surface area contributed by atoms with Gasteiger partial charge in [-0.3, -0.25) is 0 Å². The third kappa shape index (κ3) is 6.53. The van der Waals surface area contributed by atoms with Crippen molar-refractivity contribution in [1.82, 2.24) is 0 Å². The van der Waals surface area contributed by atoms with Gasteiger partial charge in [0.15, 0.2) is 0 Å².